The lowest BCUT2D eigenvalue weighted by Crippen LogP contribution is -2.25. The van der Waals surface area contributed by atoms with Crippen LogP contribution in [0.2, 0.25) is 0 Å². The largest absolute Gasteiger partial charge is 0.384 e. The van der Waals surface area contributed by atoms with Crippen LogP contribution >= 0.6 is 0 Å². The zero-order chi connectivity index (χ0) is 18.7. The monoisotopic (exact) mass is 349 g/mol. The molecule has 0 bridgehead atoms. The summed E-state index contributed by atoms with van der Waals surface area (Å²) >= 11 is 0. The van der Waals surface area contributed by atoms with Crippen LogP contribution < -0.4 is 11.2 Å². The average Bonchev–Trinajstić information content (AvgIpc) is 3.05. The Balaban J connectivity index is 1.62. The first-order valence-corrected chi connectivity index (χ1v) is 8.48. The maximum absolute atomic E-state index is 12.2. The van der Waals surface area contributed by atoms with Gasteiger partial charge in [-0.25, -0.2) is 10.4 Å². The second-order valence-electron chi connectivity index (χ2n) is 7.28. The van der Waals surface area contributed by atoms with E-state index in [2.05, 4.69) is 36.3 Å². The van der Waals surface area contributed by atoms with Crippen LogP contribution in [0, 0.1) is 0 Å². The summed E-state index contributed by atoms with van der Waals surface area (Å²) in [6, 6.07) is 13.4. The van der Waals surface area contributed by atoms with Crippen LogP contribution in [0.25, 0.3) is 11.1 Å². The fourth-order valence-corrected chi connectivity index (χ4v) is 2.53. The Morgan fingerprint density at radius 3 is 2.35 bits per heavy atom. The SMILES string of the molecule is CC(C)(C)c1ccn(NC(=O)Cc2ccc(-c3ccc(N)nc3)cc2)n1. The average molecular weight is 349 g/mol. The van der Waals surface area contributed by atoms with Crippen molar-refractivity contribution >= 4 is 11.7 Å². The molecule has 0 aliphatic heterocycles. The first-order chi connectivity index (χ1) is 12.3. The van der Waals surface area contributed by atoms with Gasteiger partial charge in [-0.2, -0.15) is 9.89 Å². The molecule has 0 aliphatic carbocycles. The van der Waals surface area contributed by atoms with E-state index in [4.69, 9.17) is 5.73 Å². The van der Waals surface area contributed by atoms with Crippen molar-refractivity contribution in [3.05, 3.63) is 66.1 Å². The van der Waals surface area contributed by atoms with E-state index in [1.807, 2.05) is 36.4 Å². The van der Waals surface area contributed by atoms with Crippen LogP contribution in [0.4, 0.5) is 5.82 Å². The van der Waals surface area contributed by atoms with E-state index in [0.29, 0.717) is 5.82 Å². The van der Waals surface area contributed by atoms with Gasteiger partial charge in [-0.1, -0.05) is 45.0 Å². The Labute approximate surface area is 153 Å². The number of carbonyl (C=O) groups is 1. The van der Waals surface area contributed by atoms with Crippen molar-refractivity contribution in [2.75, 3.05) is 11.2 Å². The molecule has 3 rings (SSSR count). The topological polar surface area (TPSA) is 85.8 Å². The number of aromatic nitrogens is 3. The molecule has 1 aromatic carbocycles. The minimum Gasteiger partial charge on any atom is -0.384 e. The third kappa shape index (κ3) is 4.27. The van der Waals surface area contributed by atoms with Crippen molar-refractivity contribution in [1.82, 2.24) is 14.9 Å². The Bertz CT molecular complexity index is 889. The Hall–Kier alpha value is -3.15. The van der Waals surface area contributed by atoms with Crippen molar-refractivity contribution in [3.8, 4) is 11.1 Å². The predicted molar refractivity (Wildman–Crippen MR) is 103 cm³/mol. The van der Waals surface area contributed by atoms with Gasteiger partial charge >= 0.3 is 0 Å². The molecule has 26 heavy (non-hydrogen) atoms. The van der Waals surface area contributed by atoms with Gasteiger partial charge in [0.2, 0.25) is 5.91 Å². The molecule has 2 heterocycles. The molecule has 0 saturated heterocycles. The molecule has 0 saturated carbocycles. The lowest BCUT2D eigenvalue weighted by Gasteiger charge is -2.14. The van der Waals surface area contributed by atoms with Gasteiger partial charge in [0.05, 0.1) is 12.1 Å². The lowest BCUT2D eigenvalue weighted by molar-refractivity contribution is -0.116. The molecule has 0 atom stereocenters. The van der Waals surface area contributed by atoms with Crippen LogP contribution in [0.5, 0.6) is 0 Å². The summed E-state index contributed by atoms with van der Waals surface area (Å²) in [7, 11) is 0. The number of nitrogens with zero attached hydrogens (tertiary/aromatic N) is 3. The van der Waals surface area contributed by atoms with Crippen LogP contribution in [0.15, 0.2) is 54.9 Å². The number of hydrogen-bond acceptors (Lipinski definition) is 4. The van der Waals surface area contributed by atoms with E-state index in [1.54, 1.807) is 18.5 Å². The van der Waals surface area contributed by atoms with Gasteiger partial charge in [0.25, 0.3) is 0 Å². The van der Waals surface area contributed by atoms with Gasteiger partial charge in [0.1, 0.15) is 5.82 Å². The smallest absolute Gasteiger partial charge is 0.244 e. The second-order valence-corrected chi connectivity index (χ2v) is 7.28. The van der Waals surface area contributed by atoms with Crippen molar-refractivity contribution in [3.63, 3.8) is 0 Å². The van der Waals surface area contributed by atoms with Gasteiger partial charge in [-0.05, 0) is 29.3 Å². The Morgan fingerprint density at radius 2 is 1.77 bits per heavy atom. The van der Waals surface area contributed by atoms with Crippen molar-refractivity contribution in [2.24, 2.45) is 0 Å². The Kier molecular flexibility index (Phi) is 4.75. The van der Waals surface area contributed by atoms with Crippen LogP contribution in [0.1, 0.15) is 32.0 Å². The summed E-state index contributed by atoms with van der Waals surface area (Å²) in [4.78, 5) is 17.8. The summed E-state index contributed by atoms with van der Waals surface area (Å²) in [5, 5.41) is 4.39. The molecule has 134 valence electrons. The number of hydrogen-bond donors (Lipinski definition) is 2. The molecule has 6 nitrogen and oxygen atoms in total. The molecule has 3 aromatic rings. The van der Waals surface area contributed by atoms with E-state index >= 15 is 0 Å². The summed E-state index contributed by atoms with van der Waals surface area (Å²) in [5.74, 6) is 0.380. The lowest BCUT2D eigenvalue weighted by atomic mass is 9.93. The Morgan fingerprint density at radius 1 is 1.08 bits per heavy atom. The minimum atomic E-state index is -0.115. The molecule has 6 heteroatoms. The van der Waals surface area contributed by atoms with E-state index < -0.39 is 0 Å². The number of pyridine rings is 1. The zero-order valence-electron chi connectivity index (χ0n) is 15.2. The summed E-state index contributed by atoms with van der Waals surface area (Å²) in [6.07, 6.45) is 3.78. The molecule has 0 fully saturated rings. The quantitative estimate of drug-likeness (QED) is 0.758. The number of nitrogens with two attached hydrogens (primary N) is 1. The summed E-state index contributed by atoms with van der Waals surface area (Å²) < 4.78 is 0. The van der Waals surface area contributed by atoms with Gasteiger partial charge in [-0.3, -0.25) is 4.79 Å². The molecule has 1 amide bonds. The number of nitrogens with one attached hydrogen (secondary N) is 1. The number of amides is 1. The molecular weight excluding hydrogens is 326 g/mol. The maximum Gasteiger partial charge on any atom is 0.244 e. The standard InChI is InChI=1S/C20H23N5O/c1-20(2,3)17-10-11-25(23-17)24-19(26)12-14-4-6-15(7-5-14)16-8-9-18(21)22-13-16/h4-11,13H,12H2,1-3H3,(H2,21,22)(H,24,26). The van der Waals surface area contributed by atoms with Crippen molar-refractivity contribution in [1.29, 1.82) is 0 Å². The number of nitrogen functional groups attached to an aromatic ring is 1. The normalized spacial score (nSPS) is 11.3. The summed E-state index contributed by atoms with van der Waals surface area (Å²) in [6.45, 7) is 6.25. The maximum atomic E-state index is 12.2. The number of rotatable bonds is 4. The van der Waals surface area contributed by atoms with Crippen LogP contribution in [-0.2, 0) is 16.6 Å². The number of benzene rings is 1. The fourth-order valence-electron chi connectivity index (χ4n) is 2.53. The number of anilines is 1. The van der Waals surface area contributed by atoms with Crippen LogP contribution in [0.3, 0.4) is 0 Å². The van der Waals surface area contributed by atoms with Gasteiger partial charge in [0.15, 0.2) is 0 Å². The third-order valence-corrected chi connectivity index (χ3v) is 4.04. The summed E-state index contributed by atoms with van der Waals surface area (Å²) in [5.41, 5.74) is 12.2. The van der Waals surface area contributed by atoms with Crippen molar-refractivity contribution < 1.29 is 4.79 Å². The predicted octanol–water partition coefficient (Wildman–Crippen LogP) is 3.14. The van der Waals surface area contributed by atoms with Gasteiger partial charge in [-0.15, -0.1) is 0 Å². The highest BCUT2D eigenvalue weighted by Gasteiger charge is 2.17. The van der Waals surface area contributed by atoms with E-state index in [-0.39, 0.29) is 17.7 Å². The molecule has 3 N–H and O–H groups in total. The molecule has 0 radical (unpaired) electrons. The highest BCUT2D eigenvalue weighted by molar-refractivity contribution is 5.85. The number of carbonyl (C=O) groups excluding carboxylic acids is 1. The molecule has 2 aromatic heterocycles. The van der Waals surface area contributed by atoms with Crippen LogP contribution in [-0.4, -0.2) is 20.8 Å². The zero-order valence-corrected chi connectivity index (χ0v) is 15.2. The van der Waals surface area contributed by atoms with Crippen molar-refractivity contribution in [2.45, 2.75) is 32.6 Å². The van der Waals surface area contributed by atoms with Gasteiger partial charge in [0, 0.05) is 23.4 Å². The first-order valence-electron chi connectivity index (χ1n) is 8.48. The van der Waals surface area contributed by atoms with Gasteiger partial charge < -0.3 is 5.73 Å². The van der Waals surface area contributed by atoms with E-state index in [9.17, 15) is 4.79 Å². The third-order valence-electron chi connectivity index (χ3n) is 4.04. The second kappa shape index (κ2) is 7.00. The molecule has 0 spiro atoms. The highest BCUT2D eigenvalue weighted by atomic mass is 16.2. The molecule has 0 unspecified atom stereocenters. The minimum absolute atomic E-state index is 0.0528. The molecule has 0 aliphatic rings. The van der Waals surface area contributed by atoms with E-state index in [1.165, 1.54) is 4.79 Å². The first kappa shape index (κ1) is 17.7. The fraction of sp³-hybridized carbons (Fsp3) is 0.250. The van der Waals surface area contributed by atoms with E-state index in [0.717, 1.165) is 22.4 Å². The molecular formula is C20H23N5O. The highest BCUT2D eigenvalue weighted by Crippen LogP contribution is 2.20.